The van der Waals surface area contributed by atoms with Gasteiger partial charge in [-0.25, -0.2) is 0 Å². The molecule has 0 fully saturated rings. The third-order valence-electron chi connectivity index (χ3n) is 3.37. The van der Waals surface area contributed by atoms with E-state index in [2.05, 4.69) is 0 Å². The number of methoxy groups -OCH3 is 1. The molecular formula is C16H12N2O4. The van der Waals surface area contributed by atoms with E-state index in [-0.39, 0.29) is 11.2 Å². The zero-order valence-corrected chi connectivity index (χ0v) is 11.7. The van der Waals surface area contributed by atoms with Crippen molar-refractivity contribution in [1.29, 1.82) is 5.41 Å². The predicted molar refractivity (Wildman–Crippen MR) is 80.7 cm³/mol. The van der Waals surface area contributed by atoms with Gasteiger partial charge in [0.1, 0.15) is 11.3 Å². The highest BCUT2D eigenvalue weighted by Crippen LogP contribution is 2.25. The minimum absolute atomic E-state index is 0.00499. The summed E-state index contributed by atoms with van der Waals surface area (Å²) in [5.74, 6) is 0.652. The van der Waals surface area contributed by atoms with Crippen LogP contribution in [0.3, 0.4) is 0 Å². The minimum Gasteiger partial charge on any atom is -0.497 e. The Morgan fingerprint density at radius 2 is 1.86 bits per heavy atom. The highest BCUT2D eigenvalue weighted by molar-refractivity contribution is 5.82. The largest absolute Gasteiger partial charge is 0.497 e. The molecule has 2 aromatic carbocycles. The van der Waals surface area contributed by atoms with Gasteiger partial charge in [-0.15, -0.1) is 0 Å². The number of non-ortho nitro benzene ring substituents is 1. The third-order valence-corrected chi connectivity index (χ3v) is 3.37. The maximum absolute atomic E-state index is 10.7. The Balaban J connectivity index is 2.12. The molecule has 1 aromatic heterocycles. The number of hydrogen-bond acceptors (Lipinski definition) is 5. The number of nitro groups is 1. The summed E-state index contributed by atoms with van der Waals surface area (Å²) in [5, 5.41) is 19.5. The maximum atomic E-state index is 10.7. The molecule has 0 bridgehead atoms. The molecule has 0 aliphatic heterocycles. The molecule has 0 saturated heterocycles. The van der Waals surface area contributed by atoms with Gasteiger partial charge in [-0.1, -0.05) is 0 Å². The number of nitrogens with one attached hydrogen (secondary N) is 1. The lowest BCUT2D eigenvalue weighted by atomic mass is 10.1. The van der Waals surface area contributed by atoms with E-state index in [9.17, 15) is 10.1 Å². The van der Waals surface area contributed by atoms with Crippen molar-refractivity contribution < 1.29 is 14.1 Å². The topological polar surface area (TPSA) is 89.4 Å². The van der Waals surface area contributed by atoms with Crippen LogP contribution in [0.4, 0.5) is 5.69 Å². The van der Waals surface area contributed by atoms with Gasteiger partial charge in [-0.3, -0.25) is 15.5 Å². The molecule has 1 N–H and O–H groups in total. The van der Waals surface area contributed by atoms with Gasteiger partial charge in [-0.2, -0.15) is 0 Å². The number of hydrogen-bond donors (Lipinski definition) is 1. The Kier molecular flexibility index (Phi) is 3.34. The van der Waals surface area contributed by atoms with Gasteiger partial charge in [0, 0.05) is 29.1 Å². The standard InChI is InChI=1S/C16H12N2O4/c1-21-13-7-4-11-8-14(16(17)22-15(11)9-13)10-2-5-12(6-3-10)18(19)20/h2-9,17H,1H3. The number of rotatable bonds is 3. The van der Waals surface area contributed by atoms with E-state index in [0.717, 1.165) is 5.39 Å². The molecule has 0 saturated carbocycles. The van der Waals surface area contributed by atoms with Crippen LogP contribution >= 0.6 is 0 Å². The molecule has 0 unspecified atom stereocenters. The summed E-state index contributed by atoms with van der Waals surface area (Å²) >= 11 is 0. The van der Waals surface area contributed by atoms with Crippen LogP contribution in [0, 0.1) is 15.5 Å². The highest BCUT2D eigenvalue weighted by atomic mass is 16.6. The van der Waals surface area contributed by atoms with E-state index < -0.39 is 4.92 Å². The number of nitrogens with zero attached hydrogens (tertiary/aromatic N) is 1. The number of benzene rings is 2. The van der Waals surface area contributed by atoms with E-state index in [1.54, 1.807) is 31.4 Å². The fourth-order valence-corrected chi connectivity index (χ4v) is 2.21. The molecule has 6 heteroatoms. The third kappa shape index (κ3) is 2.42. The van der Waals surface area contributed by atoms with Crippen molar-refractivity contribution in [2.45, 2.75) is 0 Å². The normalized spacial score (nSPS) is 10.6. The SMILES string of the molecule is COc1ccc2cc(-c3ccc([N+](=O)[O-])cc3)c(=N)oc2c1. The van der Waals surface area contributed by atoms with Gasteiger partial charge >= 0.3 is 0 Å². The molecule has 0 aliphatic carbocycles. The van der Waals surface area contributed by atoms with Crippen molar-refractivity contribution in [3.8, 4) is 16.9 Å². The summed E-state index contributed by atoms with van der Waals surface area (Å²) in [6, 6.07) is 13.2. The molecule has 1 heterocycles. The number of nitro benzene ring substituents is 1. The number of fused-ring (bicyclic) bond motifs is 1. The molecule has 3 aromatic rings. The quantitative estimate of drug-likeness (QED) is 0.591. The maximum Gasteiger partial charge on any atom is 0.269 e. The van der Waals surface area contributed by atoms with Gasteiger partial charge in [0.05, 0.1) is 12.0 Å². The van der Waals surface area contributed by atoms with Crippen molar-refractivity contribution in [3.63, 3.8) is 0 Å². The lowest BCUT2D eigenvalue weighted by Crippen LogP contribution is -2.03. The minimum atomic E-state index is -0.456. The fourth-order valence-electron chi connectivity index (χ4n) is 2.21. The van der Waals surface area contributed by atoms with Crippen molar-refractivity contribution in [1.82, 2.24) is 0 Å². The van der Waals surface area contributed by atoms with Gasteiger partial charge in [0.2, 0.25) is 5.55 Å². The average Bonchev–Trinajstić information content (AvgIpc) is 2.53. The summed E-state index contributed by atoms with van der Waals surface area (Å²) in [4.78, 5) is 10.2. The first-order valence-corrected chi connectivity index (χ1v) is 6.50. The first-order valence-electron chi connectivity index (χ1n) is 6.50. The van der Waals surface area contributed by atoms with Crippen LogP contribution in [0.2, 0.25) is 0 Å². The monoisotopic (exact) mass is 296 g/mol. The fraction of sp³-hybridized carbons (Fsp3) is 0.0625. The first kappa shape index (κ1) is 13.8. The van der Waals surface area contributed by atoms with E-state index >= 15 is 0 Å². The highest BCUT2D eigenvalue weighted by Gasteiger charge is 2.09. The van der Waals surface area contributed by atoms with Crippen LogP contribution in [-0.4, -0.2) is 12.0 Å². The van der Waals surface area contributed by atoms with Gasteiger partial charge in [0.15, 0.2) is 0 Å². The first-order chi connectivity index (χ1) is 10.6. The Morgan fingerprint density at radius 3 is 2.50 bits per heavy atom. The summed E-state index contributed by atoms with van der Waals surface area (Å²) in [7, 11) is 1.56. The van der Waals surface area contributed by atoms with E-state index in [1.165, 1.54) is 12.1 Å². The van der Waals surface area contributed by atoms with Gasteiger partial charge in [-0.05, 0) is 35.9 Å². The second-order valence-corrected chi connectivity index (χ2v) is 4.70. The summed E-state index contributed by atoms with van der Waals surface area (Å²) in [6.07, 6.45) is 0. The average molecular weight is 296 g/mol. The smallest absolute Gasteiger partial charge is 0.269 e. The van der Waals surface area contributed by atoms with Crippen LogP contribution in [0.5, 0.6) is 5.75 Å². The van der Waals surface area contributed by atoms with Crippen LogP contribution in [0.1, 0.15) is 0 Å². The van der Waals surface area contributed by atoms with Crippen molar-refractivity contribution in [2.75, 3.05) is 7.11 Å². The molecule has 110 valence electrons. The molecule has 0 atom stereocenters. The van der Waals surface area contributed by atoms with E-state index in [1.807, 2.05) is 12.1 Å². The summed E-state index contributed by atoms with van der Waals surface area (Å²) in [6.45, 7) is 0. The van der Waals surface area contributed by atoms with Crippen LogP contribution < -0.4 is 10.3 Å². The Morgan fingerprint density at radius 1 is 1.14 bits per heavy atom. The zero-order chi connectivity index (χ0) is 15.7. The van der Waals surface area contributed by atoms with Gasteiger partial charge < -0.3 is 9.15 Å². The van der Waals surface area contributed by atoms with Crippen LogP contribution in [0.25, 0.3) is 22.1 Å². The van der Waals surface area contributed by atoms with Gasteiger partial charge in [0.25, 0.3) is 5.69 Å². The molecule has 3 rings (SSSR count). The second kappa shape index (κ2) is 5.33. The van der Waals surface area contributed by atoms with E-state index in [4.69, 9.17) is 14.6 Å². The lowest BCUT2D eigenvalue weighted by Gasteiger charge is -2.05. The van der Waals surface area contributed by atoms with Crippen LogP contribution in [0.15, 0.2) is 52.9 Å². The molecule has 6 nitrogen and oxygen atoms in total. The molecule has 0 radical (unpaired) electrons. The summed E-state index contributed by atoms with van der Waals surface area (Å²) in [5.41, 5.74) is 1.83. The second-order valence-electron chi connectivity index (χ2n) is 4.70. The molecule has 0 spiro atoms. The Bertz CT molecular complexity index is 914. The Labute approximate surface area is 125 Å². The number of ether oxygens (including phenoxy) is 1. The Hall–Kier alpha value is -3.15. The molecule has 0 aliphatic rings. The molecule has 0 amide bonds. The van der Waals surface area contributed by atoms with E-state index in [0.29, 0.717) is 22.5 Å². The predicted octanol–water partition coefficient (Wildman–Crippen LogP) is 3.50. The molecule has 22 heavy (non-hydrogen) atoms. The van der Waals surface area contributed by atoms with Crippen molar-refractivity contribution >= 4 is 16.7 Å². The van der Waals surface area contributed by atoms with Crippen LogP contribution in [-0.2, 0) is 0 Å². The van der Waals surface area contributed by atoms with Crippen molar-refractivity contribution in [2.24, 2.45) is 0 Å². The van der Waals surface area contributed by atoms with Crippen molar-refractivity contribution in [3.05, 3.63) is 64.2 Å². The lowest BCUT2D eigenvalue weighted by molar-refractivity contribution is -0.384. The summed E-state index contributed by atoms with van der Waals surface area (Å²) < 4.78 is 10.6. The zero-order valence-electron chi connectivity index (χ0n) is 11.7. The molecular weight excluding hydrogens is 284 g/mol.